The molecule has 0 aliphatic carbocycles. The highest BCUT2D eigenvalue weighted by Crippen LogP contribution is 2.23. The summed E-state index contributed by atoms with van der Waals surface area (Å²) in [4.78, 5) is 2.26. The zero-order valence-corrected chi connectivity index (χ0v) is 12.2. The lowest BCUT2D eigenvalue weighted by Crippen LogP contribution is -2.36. The quantitative estimate of drug-likeness (QED) is 0.706. The molecule has 1 unspecified atom stereocenters. The second kappa shape index (κ2) is 8.02. The number of aliphatic hydroxyl groups is 1. The number of nitrogen functional groups attached to an aromatic ring is 1. The number of hydrogen-bond acceptors (Lipinski definition) is 4. The van der Waals surface area contributed by atoms with Crippen molar-refractivity contribution < 1.29 is 9.84 Å². The van der Waals surface area contributed by atoms with E-state index in [0.717, 1.165) is 18.7 Å². The van der Waals surface area contributed by atoms with E-state index < -0.39 is 0 Å². The molecule has 0 radical (unpaired) electrons. The van der Waals surface area contributed by atoms with Gasteiger partial charge in [-0.1, -0.05) is 13.0 Å². The molecule has 0 aliphatic heterocycles. The fourth-order valence-corrected chi connectivity index (χ4v) is 2.30. The molecule has 1 atom stereocenters. The fourth-order valence-electron chi connectivity index (χ4n) is 2.30. The summed E-state index contributed by atoms with van der Waals surface area (Å²) in [5.74, 6) is 0.751. The van der Waals surface area contributed by atoms with Gasteiger partial charge >= 0.3 is 0 Å². The van der Waals surface area contributed by atoms with E-state index >= 15 is 0 Å². The molecule has 4 heteroatoms. The molecule has 0 saturated heterocycles. The van der Waals surface area contributed by atoms with Crippen molar-refractivity contribution >= 4 is 5.69 Å². The summed E-state index contributed by atoms with van der Waals surface area (Å²) in [6.07, 6.45) is 0.921. The van der Waals surface area contributed by atoms with Gasteiger partial charge < -0.3 is 15.6 Å². The van der Waals surface area contributed by atoms with E-state index in [1.54, 1.807) is 0 Å². The van der Waals surface area contributed by atoms with Crippen LogP contribution in [0, 0.1) is 0 Å². The monoisotopic (exact) mass is 266 g/mol. The van der Waals surface area contributed by atoms with Crippen molar-refractivity contribution in [3.05, 3.63) is 23.8 Å². The SMILES string of the molecule is CCOc1ccc(CC(C)N(CC)CCO)cc1N. The van der Waals surface area contributed by atoms with E-state index in [0.29, 0.717) is 24.9 Å². The van der Waals surface area contributed by atoms with Gasteiger partial charge in [0.1, 0.15) is 5.75 Å². The van der Waals surface area contributed by atoms with Crippen LogP contribution in [0.5, 0.6) is 5.75 Å². The molecule has 0 aliphatic rings. The molecule has 19 heavy (non-hydrogen) atoms. The average Bonchev–Trinajstić information content (AvgIpc) is 2.39. The van der Waals surface area contributed by atoms with Gasteiger partial charge in [0.2, 0.25) is 0 Å². The molecule has 4 nitrogen and oxygen atoms in total. The Hall–Kier alpha value is -1.26. The summed E-state index contributed by atoms with van der Waals surface area (Å²) in [5, 5.41) is 9.04. The maximum absolute atomic E-state index is 9.04. The van der Waals surface area contributed by atoms with E-state index in [2.05, 4.69) is 24.8 Å². The molecule has 1 aromatic carbocycles. The van der Waals surface area contributed by atoms with Crippen LogP contribution in [0.2, 0.25) is 0 Å². The molecule has 0 heterocycles. The molecule has 0 amide bonds. The summed E-state index contributed by atoms with van der Waals surface area (Å²) in [5.41, 5.74) is 7.86. The summed E-state index contributed by atoms with van der Waals surface area (Å²) in [6, 6.07) is 6.36. The van der Waals surface area contributed by atoms with Crippen molar-refractivity contribution in [2.45, 2.75) is 33.2 Å². The molecule has 1 rings (SSSR count). The fraction of sp³-hybridized carbons (Fsp3) is 0.600. The minimum atomic E-state index is 0.198. The smallest absolute Gasteiger partial charge is 0.142 e. The largest absolute Gasteiger partial charge is 0.492 e. The predicted octanol–water partition coefficient (Wildman–Crippen LogP) is 1.91. The van der Waals surface area contributed by atoms with Crippen LogP contribution in [-0.4, -0.2) is 42.4 Å². The van der Waals surface area contributed by atoms with Crippen LogP contribution in [0.25, 0.3) is 0 Å². The number of hydrogen-bond donors (Lipinski definition) is 2. The first kappa shape index (κ1) is 15.8. The summed E-state index contributed by atoms with van der Waals surface area (Å²) in [7, 11) is 0. The number of nitrogens with zero attached hydrogens (tertiary/aromatic N) is 1. The Morgan fingerprint density at radius 2 is 2.11 bits per heavy atom. The van der Waals surface area contributed by atoms with Gasteiger partial charge in [0.25, 0.3) is 0 Å². The van der Waals surface area contributed by atoms with Crippen molar-refractivity contribution in [3.8, 4) is 5.75 Å². The molecule has 0 spiro atoms. The molecule has 3 N–H and O–H groups in total. The number of nitrogens with two attached hydrogens (primary N) is 1. The van der Waals surface area contributed by atoms with E-state index in [1.807, 2.05) is 19.1 Å². The van der Waals surface area contributed by atoms with Crippen LogP contribution in [-0.2, 0) is 6.42 Å². The number of ether oxygens (including phenoxy) is 1. The van der Waals surface area contributed by atoms with E-state index in [9.17, 15) is 0 Å². The Morgan fingerprint density at radius 1 is 1.37 bits per heavy atom. The number of anilines is 1. The lowest BCUT2D eigenvalue weighted by Gasteiger charge is -2.27. The third-order valence-corrected chi connectivity index (χ3v) is 3.32. The van der Waals surface area contributed by atoms with Crippen LogP contribution in [0.1, 0.15) is 26.3 Å². The summed E-state index contributed by atoms with van der Waals surface area (Å²) < 4.78 is 5.44. The highest BCUT2D eigenvalue weighted by molar-refractivity contribution is 5.54. The maximum Gasteiger partial charge on any atom is 0.142 e. The van der Waals surface area contributed by atoms with E-state index in [4.69, 9.17) is 15.6 Å². The van der Waals surface area contributed by atoms with Gasteiger partial charge in [-0.3, -0.25) is 4.90 Å². The van der Waals surface area contributed by atoms with Gasteiger partial charge in [-0.25, -0.2) is 0 Å². The predicted molar refractivity (Wildman–Crippen MR) is 79.5 cm³/mol. The molecular formula is C15H26N2O2. The number of benzene rings is 1. The average molecular weight is 266 g/mol. The van der Waals surface area contributed by atoms with Gasteiger partial charge in [0.15, 0.2) is 0 Å². The highest BCUT2D eigenvalue weighted by Gasteiger charge is 2.12. The number of rotatable bonds is 8. The van der Waals surface area contributed by atoms with Crippen molar-refractivity contribution in [2.24, 2.45) is 0 Å². The van der Waals surface area contributed by atoms with E-state index in [-0.39, 0.29) is 6.61 Å². The number of aliphatic hydroxyl groups excluding tert-OH is 1. The minimum absolute atomic E-state index is 0.198. The van der Waals surface area contributed by atoms with Crippen molar-refractivity contribution in [1.29, 1.82) is 0 Å². The van der Waals surface area contributed by atoms with Crippen molar-refractivity contribution in [3.63, 3.8) is 0 Å². The highest BCUT2D eigenvalue weighted by atomic mass is 16.5. The van der Waals surface area contributed by atoms with Gasteiger partial charge in [0.05, 0.1) is 18.9 Å². The molecular weight excluding hydrogens is 240 g/mol. The zero-order chi connectivity index (χ0) is 14.3. The van der Waals surface area contributed by atoms with Crippen LogP contribution in [0.3, 0.4) is 0 Å². The third-order valence-electron chi connectivity index (χ3n) is 3.32. The number of likely N-dealkylation sites (N-methyl/N-ethyl adjacent to an activating group) is 1. The lowest BCUT2D eigenvalue weighted by molar-refractivity contribution is 0.164. The Bertz CT molecular complexity index is 382. The Morgan fingerprint density at radius 3 is 2.63 bits per heavy atom. The van der Waals surface area contributed by atoms with Crippen LogP contribution < -0.4 is 10.5 Å². The molecule has 0 fully saturated rings. The summed E-state index contributed by atoms with van der Waals surface area (Å²) >= 11 is 0. The maximum atomic E-state index is 9.04. The van der Waals surface area contributed by atoms with Gasteiger partial charge in [-0.05, 0) is 44.5 Å². The molecule has 1 aromatic rings. The topological polar surface area (TPSA) is 58.7 Å². The van der Waals surface area contributed by atoms with Crippen molar-refractivity contribution in [1.82, 2.24) is 4.90 Å². The normalized spacial score (nSPS) is 12.7. The first-order chi connectivity index (χ1) is 9.12. The standard InChI is InChI=1S/C15H26N2O2/c1-4-17(8-9-18)12(3)10-13-6-7-15(19-5-2)14(16)11-13/h6-7,11-12,18H,4-5,8-10,16H2,1-3H3. The van der Waals surface area contributed by atoms with Crippen LogP contribution >= 0.6 is 0 Å². The second-order valence-corrected chi connectivity index (χ2v) is 4.71. The molecule has 0 aromatic heterocycles. The first-order valence-electron chi connectivity index (χ1n) is 6.98. The summed E-state index contributed by atoms with van der Waals surface area (Å²) in [6.45, 7) is 8.70. The van der Waals surface area contributed by atoms with Gasteiger partial charge in [-0.2, -0.15) is 0 Å². The zero-order valence-electron chi connectivity index (χ0n) is 12.2. The Labute approximate surface area is 116 Å². The van der Waals surface area contributed by atoms with Crippen LogP contribution in [0.15, 0.2) is 18.2 Å². The molecule has 0 bridgehead atoms. The minimum Gasteiger partial charge on any atom is -0.492 e. The third kappa shape index (κ3) is 4.73. The van der Waals surface area contributed by atoms with Gasteiger partial charge in [0, 0.05) is 12.6 Å². The Kier molecular flexibility index (Phi) is 6.67. The van der Waals surface area contributed by atoms with Gasteiger partial charge in [-0.15, -0.1) is 0 Å². The lowest BCUT2D eigenvalue weighted by atomic mass is 10.0. The first-order valence-corrected chi connectivity index (χ1v) is 6.98. The Balaban J connectivity index is 2.68. The molecule has 0 saturated carbocycles. The van der Waals surface area contributed by atoms with Crippen LogP contribution in [0.4, 0.5) is 5.69 Å². The van der Waals surface area contributed by atoms with Crippen molar-refractivity contribution in [2.75, 3.05) is 32.0 Å². The second-order valence-electron chi connectivity index (χ2n) is 4.71. The molecule has 108 valence electrons. The van der Waals surface area contributed by atoms with E-state index in [1.165, 1.54) is 5.56 Å².